The maximum Gasteiger partial charge on any atom is 0.208 e. The number of anilines is 1. The molecule has 0 aliphatic heterocycles. The van der Waals surface area contributed by atoms with Gasteiger partial charge in [-0.15, -0.1) is 10.2 Å². The van der Waals surface area contributed by atoms with Gasteiger partial charge >= 0.3 is 0 Å². The van der Waals surface area contributed by atoms with E-state index in [4.69, 9.17) is 5.73 Å². The Balaban J connectivity index is 2.26. The zero-order valence-electron chi connectivity index (χ0n) is 11.5. The van der Waals surface area contributed by atoms with Crippen LogP contribution in [0.25, 0.3) is 0 Å². The number of hydrogen-bond acceptors (Lipinski definition) is 7. The number of nitrogens with zero attached hydrogens (tertiary/aromatic N) is 5. The molecular weight excluding hydrogens is 280 g/mol. The molecule has 0 bridgehead atoms. The summed E-state index contributed by atoms with van der Waals surface area (Å²) in [5, 5.41) is 14.8. The second kappa shape index (κ2) is 5.89. The van der Waals surface area contributed by atoms with Gasteiger partial charge in [0.25, 0.3) is 0 Å². The molecule has 0 aliphatic rings. The normalized spacial score (nSPS) is 11.0. The van der Waals surface area contributed by atoms with Gasteiger partial charge in [-0.3, -0.25) is 4.68 Å². The van der Waals surface area contributed by atoms with Gasteiger partial charge in [-0.1, -0.05) is 11.3 Å². The van der Waals surface area contributed by atoms with Crippen LogP contribution in [0.5, 0.6) is 0 Å². The Morgan fingerprint density at radius 2 is 2.11 bits per heavy atom. The van der Waals surface area contributed by atoms with Gasteiger partial charge in [0, 0.05) is 26.7 Å². The highest BCUT2D eigenvalue weighted by molar-refractivity contribution is 8.01. The van der Waals surface area contributed by atoms with Crippen molar-refractivity contribution in [3.63, 3.8) is 0 Å². The lowest BCUT2D eigenvalue weighted by molar-refractivity contribution is 0.687. The summed E-state index contributed by atoms with van der Waals surface area (Å²) in [4.78, 5) is 1.96. The van der Waals surface area contributed by atoms with E-state index >= 15 is 0 Å². The third-order valence-corrected chi connectivity index (χ3v) is 4.99. The van der Waals surface area contributed by atoms with Crippen molar-refractivity contribution in [3.8, 4) is 0 Å². The standard InChI is InChI=1S/C11H18N6S2/c1-7-8(5-6-12)9(17(4)15-7)18-11-14-13-10(19-11)16(2)3/h5-6,12H2,1-4H3. The van der Waals surface area contributed by atoms with Crippen molar-refractivity contribution in [2.24, 2.45) is 12.8 Å². The Morgan fingerprint density at radius 3 is 2.68 bits per heavy atom. The molecule has 0 aromatic carbocycles. The summed E-state index contributed by atoms with van der Waals surface area (Å²) in [6, 6.07) is 0. The van der Waals surface area contributed by atoms with Gasteiger partial charge in [0.05, 0.1) is 5.69 Å². The van der Waals surface area contributed by atoms with Crippen LogP contribution in [0.2, 0.25) is 0 Å². The van der Waals surface area contributed by atoms with E-state index in [0.29, 0.717) is 6.54 Å². The molecule has 8 heteroatoms. The van der Waals surface area contributed by atoms with Gasteiger partial charge in [0.15, 0.2) is 4.34 Å². The summed E-state index contributed by atoms with van der Waals surface area (Å²) in [6.07, 6.45) is 0.835. The number of aryl methyl sites for hydroxylation is 2. The lowest BCUT2D eigenvalue weighted by Crippen LogP contribution is -2.07. The summed E-state index contributed by atoms with van der Waals surface area (Å²) >= 11 is 3.18. The number of rotatable bonds is 5. The molecule has 0 saturated heterocycles. The molecule has 2 N–H and O–H groups in total. The van der Waals surface area contributed by atoms with E-state index in [0.717, 1.165) is 26.6 Å². The van der Waals surface area contributed by atoms with Crippen LogP contribution in [0, 0.1) is 6.92 Å². The van der Waals surface area contributed by atoms with Crippen molar-refractivity contribution in [2.75, 3.05) is 25.5 Å². The maximum absolute atomic E-state index is 5.67. The third kappa shape index (κ3) is 3.07. The largest absolute Gasteiger partial charge is 0.353 e. The molecular formula is C11H18N6S2. The van der Waals surface area contributed by atoms with Crippen molar-refractivity contribution >= 4 is 28.2 Å². The minimum atomic E-state index is 0.624. The molecule has 104 valence electrons. The van der Waals surface area contributed by atoms with Crippen LogP contribution in [-0.2, 0) is 13.5 Å². The van der Waals surface area contributed by atoms with Gasteiger partial charge in [-0.25, -0.2) is 0 Å². The third-order valence-electron chi connectivity index (χ3n) is 2.65. The Labute approximate surface area is 121 Å². The molecule has 2 rings (SSSR count). The van der Waals surface area contributed by atoms with Crippen LogP contribution < -0.4 is 10.6 Å². The first kappa shape index (κ1) is 14.3. The first-order valence-corrected chi connectivity index (χ1v) is 7.57. The highest BCUT2D eigenvalue weighted by Crippen LogP contribution is 2.35. The van der Waals surface area contributed by atoms with Crippen LogP contribution in [0.15, 0.2) is 9.37 Å². The van der Waals surface area contributed by atoms with Crippen LogP contribution in [0.3, 0.4) is 0 Å². The number of nitrogens with two attached hydrogens (primary N) is 1. The summed E-state index contributed by atoms with van der Waals surface area (Å²) in [5.74, 6) is 0. The second-order valence-corrected chi connectivity index (χ2v) is 6.57. The van der Waals surface area contributed by atoms with Crippen molar-refractivity contribution in [1.82, 2.24) is 20.0 Å². The Morgan fingerprint density at radius 1 is 1.37 bits per heavy atom. The Bertz CT molecular complexity index is 560. The highest BCUT2D eigenvalue weighted by atomic mass is 32.2. The van der Waals surface area contributed by atoms with Crippen molar-refractivity contribution in [3.05, 3.63) is 11.3 Å². The summed E-state index contributed by atoms with van der Waals surface area (Å²) < 4.78 is 2.81. The predicted molar refractivity (Wildman–Crippen MR) is 79.1 cm³/mol. The lowest BCUT2D eigenvalue weighted by Gasteiger charge is -2.04. The maximum atomic E-state index is 5.67. The molecule has 2 aromatic rings. The van der Waals surface area contributed by atoms with Crippen LogP contribution in [0.4, 0.5) is 5.13 Å². The minimum absolute atomic E-state index is 0.624. The van der Waals surface area contributed by atoms with E-state index in [1.807, 2.05) is 37.6 Å². The molecule has 2 aromatic heterocycles. The fourth-order valence-corrected chi connectivity index (χ4v) is 3.67. The molecule has 0 saturated carbocycles. The molecule has 0 unspecified atom stereocenters. The van der Waals surface area contributed by atoms with Gasteiger partial charge in [0.1, 0.15) is 5.03 Å². The summed E-state index contributed by atoms with van der Waals surface area (Å²) in [7, 11) is 5.87. The van der Waals surface area contributed by atoms with Crippen molar-refractivity contribution < 1.29 is 0 Å². The highest BCUT2D eigenvalue weighted by Gasteiger charge is 2.16. The van der Waals surface area contributed by atoms with Crippen molar-refractivity contribution in [2.45, 2.75) is 22.7 Å². The molecule has 6 nitrogen and oxygen atoms in total. The van der Waals surface area contributed by atoms with Crippen LogP contribution in [-0.4, -0.2) is 40.6 Å². The van der Waals surface area contributed by atoms with Gasteiger partial charge in [-0.05, 0) is 31.7 Å². The summed E-state index contributed by atoms with van der Waals surface area (Å²) in [6.45, 7) is 2.64. The van der Waals surface area contributed by atoms with Gasteiger partial charge < -0.3 is 10.6 Å². The SMILES string of the molecule is Cc1nn(C)c(Sc2nnc(N(C)C)s2)c1CCN. The molecule has 0 atom stereocenters. The van der Waals surface area contributed by atoms with Crippen LogP contribution in [0.1, 0.15) is 11.3 Å². The van der Waals surface area contributed by atoms with E-state index in [2.05, 4.69) is 15.3 Å². The monoisotopic (exact) mass is 298 g/mol. The van der Waals surface area contributed by atoms with Gasteiger partial charge in [0.2, 0.25) is 5.13 Å². The van der Waals surface area contributed by atoms with E-state index in [1.165, 1.54) is 5.56 Å². The van der Waals surface area contributed by atoms with Gasteiger partial charge in [-0.2, -0.15) is 5.10 Å². The molecule has 0 spiro atoms. The quantitative estimate of drug-likeness (QED) is 0.897. The van der Waals surface area contributed by atoms with E-state index in [1.54, 1.807) is 23.1 Å². The number of aromatic nitrogens is 4. The smallest absolute Gasteiger partial charge is 0.208 e. The van der Waals surface area contributed by atoms with E-state index in [9.17, 15) is 0 Å². The Kier molecular flexibility index (Phi) is 4.43. The van der Waals surface area contributed by atoms with Crippen LogP contribution >= 0.6 is 23.1 Å². The zero-order valence-corrected chi connectivity index (χ0v) is 13.2. The molecule has 19 heavy (non-hydrogen) atoms. The average molecular weight is 298 g/mol. The molecule has 0 fully saturated rings. The zero-order chi connectivity index (χ0) is 14.0. The Hall–Kier alpha value is -1.12. The number of hydrogen-bond donors (Lipinski definition) is 1. The first-order chi connectivity index (χ1) is 9.02. The van der Waals surface area contributed by atoms with E-state index < -0.39 is 0 Å². The first-order valence-electron chi connectivity index (χ1n) is 5.94. The summed E-state index contributed by atoms with van der Waals surface area (Å²) in [5.41, 5.74) is 7.91. The van der Waals surface area contributed by atoms with Crippen molar-refractivity contribution in [1.29, 1.82) is 0 Å². The fraction of sp³-hybridized carbons (Fsp3) is 0.545. The topological polar surface area (TPSA) is 72.9 Å². The predicted octanol–water partition coefficient (Wildman–Crippen LogP) is 1.30. The molecule has 2 heterocycles. The lowest BCUT2D eigenvalue weighted by atomic mass is 10.2. The average Bonchev–Trinajstić information content (AvgIpc) is 2.90. The molecule has 0 aliphatic carbocycles. The molecule has 0 radical (unpaired) electrons. The van der Waals surface area contributed by atoms with E-state index in [-0.39, 0.29) is 0 Å². The minimum Gasteiger partial charge on any atom is -0.353 e. The second-order valence-electron chi connectivity index (χ2n) is 4.38. The molecule has 0 amide bonds. The fourth-order valence-electron chi connectivity index (χ4n) is 1.75.